The number of esters is 1. The van der Waals surface area contributed by atoms with Gasteiger partial charge in [-0.2, -0.15) is 0 Å². The maximum atomic E-state index is 13.1. The Hall–Kier alpha value is -3.38. The molecule has 1 amide bonds. The van der Waals surface area contributed by atoms with E-state index in [2.05, 4.69) is 4.98 Å². The van der Waals surface area contributed by atoms with Gasteiger partial charge in [-0.1, -0.05) is 11.6 Å². The summed E-state index contributed by atoms with van der Waals surface area (Å²) < 4.78 is 10.8. The first-order valence-corrected chi connectivity index (χ1v) is 10.2. The number of rotatable bonds is 8. The van der Waals surface area contributed by atoms with Crippen LogP contribution >= 0.6 is 11.6 Å². The number of hydrogen-bond acceptors (Lipinski definition) is 5. The van der Waals surface area contributed by atoms with Crippen molar-refractivity contribution in [2.75, 3.05) is 18.1 Å². The van der Waals surface area contributed by atoms with Gasteiger partial charge in [0.15, 0.2) is 6.61 Å². The summed E-state index contributed by atoms with van der Waals surface area (Å²) in [4.78, 5) is 30.6. The van der Waals surface area contributed by atoms with Gasteiger partial charge in [0.05, 0.1) is 18.7 Å². The highest BCUT2D eigenvalue weighted by Gasteiger charge is 2.18. The number of halogens is 1. The molecule has 0 aliphatic heterocycles. The third kappa shape index (κ3) is 6.06. The predicted octanol–water partition coefficient (Wildman–Crippen LogP) is 4.83. The molecule has 0 aliphatic carbocycles. The first-order valence-electron chi connectivity index (χ1n) is 9.83. The molecular formula is C24H23ClN2O4. The number of carbonyl (C=O) groups excluding carboxylic acids is 2. The molecule has 3 aromatic rings. The predicted molar refractivity (Wildman–Crippen MR) is 120 cm³/mol. The summed E-state index contributed by atoms with van der Waals surface area (Å²) in [5.41, 5.74) is 2.83. The van der Waals surface area contributed by atoms with Crippen LogP contribution in [-0.2, 0) is 16.1 Å². The molecule has 7 heteroatoms. The molecule has 0 spiro atoms. The van der Waals surface area contributed by atoms with E-state index in [1.54, 1.807) is 66.7 Å². The highest BCUT2D eigenvalue weighted by atomic mass is 35.5. The van der Waals surface area contributed by atoms with Gasteiger partial charge in [0, 0.05) is 23.1 Å². The standard InChI is InChI=1S/C24H23ClN2O4/c1-3-30-24(29)19-4-7-21(8-5-19)27(15-18-10-12-26-13-11-18)23(28)16-31-22-9-6-20(25)14-17(22)2/h4-14H,3,15-16H2,1-2H3. The zero-order chi connectivity index (χ0) is 22.2. The van der Waals surface area contributed by atoms with Crippen LogP contribution in [0, 0.1) is 6.92 Å². The quantitative estimate of drug-likeness (QED) is 0.471. The molecule has 1 aromatic heterocycles. The largest absolute Gasteiger partial charge is 0.483 e. The van der Waals surface area contributed by atoms with Gasteiger partial charge in [-0.25, -0.2) is 4.79 Å². The monoisotopic (exact) mass is 438 g/mol. The van der Waals surface area contributed by atoms with Gasteiger partial charge in [-0.05, 0) is 79.6 Å². The van der Waals surface area contributed by atoms with Crippen LogP contribution in [0.3, 0.4) is 0 Å². The SMILES string of the molecule is CCOC(=O)c1ccc(N(Cc2ccncc2)C(=O)COc2ccc(Cl)cc2C)cc1. The molecule has 0 N–H and O–H groups in total. The van der Waals surface area contributed by atoms with E-state index in [4.69, 9.17) is 21.1 Å². The molecule has 0 aliphatic rings. The Morgan fingerprint density at radius 1 is 1.03 bits per heavy atom. The molecule has 0 unspecified atom stereocenters. The van der Waals surface area contributed by atoms with E-state index in [0.29, 0.717) is 35.2 Å². The number of carbonyl (C=O) groups is 2. The molecule has 0 radical (unpaired) electrons. The van der Waals surface area contributed by atoms with E-state index in [1.165, 1.54) is 0 Å². The lowest BCUT2D eigenvalue weighted by Crippen LogP contribution is -2.34. The lowest BCUT2D eigenvalue weighted by atomic mass is 10.1. The second-order valence-corrected chi connectivity index (χ2v) is 7.24. The summed E-state index contributed by atoms with van der Waals surface area (Å²) in [6.07, 6.45) is 3.35. The molecule has 2 aromatic carbocycles. The highest BCUT2D eigenvalue weighted by molar-refractivity contribution is 6.30. The van der Waals surface area contributed by atoms with E-state index in [9.17, 15) is 9.59 Å². The van der Waals surface area contributed by atoms with Gasteiger partial charge < -0.3 is 14.4 Å². The summed E-state index contributed by atoms with van der Waals surface area (Å²) in [6.45, 7) is 4.11. The van der Waals surface area contributed by atoms with E-state index >= 15 is 0 Å². The molecule has 6 nitrogen and oxygen atoms in total. The van der Waals surface area contributed by atoms with Crippen LogP contribution in [0.15, 0.2) is 67.0 Å². The third-order valence-corrected chi connectivity index (χ3v) is 4.80. The smallest absolute Gasteiger partial charge is 0.338 e. The Morgan fingerprint density at radius 3 is 2.39 bits per heavy atom. The molecule has 0 bridgehead atoms. The maximum Gasteiger partial charge on any atom is 0.338 e. The van der Waals surface area contributed by atoms with Gasteiger partial charge in [0.2, 0.25) is 0 Å². The van der Waals surface area contributed by atoms with Gasteiger partial charge in [0.1, 0.15) is 5.75 Å². The van der Waals surface area contributed by atoms with Crippen LogP contribution < -0.4 is 9.64 Å². The number of pyridine rings is 1. The van der Waals surface area contributed by atoms with Crippen molar-refractivity contribution in [3.05, 3.63) is 88.7 Å². The topological polar surface area (TPSA) is 68.7 Å². The maximum absolute atomic E-state index is 13.1. The Morgan fingerprint density at radius 2 is 1.74 bits per heavy atom. The van der Waals surface area contributed by atoms with Crippen molar-refractivity contribution in [1.29, 1.82) is 0 Å². The molecule has 3 rings (SSSR count). The molecule has 1 heterocycles. The summed E-state index contributed by atoms with van der Waals surface area (Å²) in [5, 5.41) is 0.608. The fourth-order valence-electron chi connectivity index (χ4n) is 2.98. The number of aromatic nitrogens is 1. The molecule has 31 heavy (non-hydrogen) atoms. The van der Waals surface area contributed by atoms with Crippen LogP contribution in [0.5, 0.6) is 5.75 Å². The highest BCUT2D eigenvalue weighted by Crippen LogP contribution is 2.23. The van der Waals surface area contributed by atoms with Gasteiger partial charge in [0.25, 0.3) is 5.91 Å². The lowest BCUT2D eigenvalue weighted by Gasteiger charge is -2.23. The fraction of sp³-hybridized carbons (Fsp3) is 0.208. The van der Waals surface area contributed by atoms with Crippen molar-refractivity contribution in [2.45, 2.75) is 20.4 Å². The van der Waals surface area contributed by atoms with Crippen molar-refractivity contribution >= 4 is 29.2 Å². The number of ether oxygens (including phenoxy) is 2. The second kappa shape index (κ2) is 10.6. The average Bonchev–Trinajstić information content (AvgIpc) is 2.78. The summed E-state index contributed by atoms with van der Waals surface area (Å²) in [7, 11) is 0. The van der Waals surface area contributed by atoms with Crippen LogP contribution in [-0.4, -0.2) is 30.1 Å². The number of amides is 1. The minimum absolute atomic E-state index is 0.146. The van der Waals surface area contributed by atoms with E-state index < -0.39 is 5.97 Å². The third-order valence-electron chi connectivity index (χ3n) is 4.57. The zero-order valence-corrected chi connectivity index (χ0v) is 18.1. The van der Waals surface area contributed by atoms with Crippen molar-refractivity contribution in [2.24, 2.45) is 0 Å². The lowest BCUT2D eigenvalue weighted by molar-refractivity contribution is -0.120. The molecule has 0 saturated heterocycles. The normalized spacial score (nSPS) is 10.4. The Bertz CT molecular complexity index is 1040. The Kier molecular flexibility index (Phi) is 7.62. The second-order valence-electron chi connectivity index (χ2n) is 6.80. The van der Waals surface area contributed by atoms with Gasteiger partial charge in [-0.3, -0.25) is 9.78 Å². The first-order chi connectivity index (χ1) is 15.0. The van der Waals surface area contributed by atoms with E-state index in [0.717, 1.165) is 11.1 Å². The Balaban J connectivity index is 1.80. The molecule has 0 saturated carbocycles. The summed E-state index contributed by atoms with van der Waals surface area (Å²) >= 11 is 5.99. The number of benzene rings is 2. The van der Waals surface area contributed by atoms with Crippen molar-refractivity contribution < 1.29 is 19.1 Å². The Labute approximate surface area is 186 Å². The van der Waals surface area contributed by atoms with Crippen molar-refractivity contribution in [1.82, 2.24) is 4.98 Å². The van der Waals surface area contributed by atoms with Crippen LogP contribution in [0.25, 0.3) is 0 Å². The number of hydrogen-bond donors (Lipinski definition) is 0. The van der Waals surface area contributed by atoms with E-state index in [1.807, 2.05) is 19.1 Å². The minimum Gasteiger partial charge on any atom is -0.483 e. The van der Waals surface area contributed by atoms with Crippen LogP contribution in [0.2, 0.25) is 5.02 Å². The zero-order valence-electron chi connectivity index (χ0n) is 17.4. The molecule has 160 valence electrons. The van der Waals surface area contributed by atoms with Crippen LogP contribution in [0.4, 0.5) is 5.69 Å². The van der Waals surface area contributed by atoms with Crippen molar-refractivity contribution in [3.8, 4) is 5.75 Å². The molecule has 0 atom stereocenters. The van der Waals surface area contributed by atoms with Gasteiger partial charge >= 0.3 is 5.97 Å². The molecule has 0 fully saturated rings. The van der Waals surface area contributed by atoms with Crippen LogP contribution in [0.1, 0.15) is 28.4 Å². The minimum atomic E-state index is -0.400. The first kappa shape index (κ1) is 22.3. The number of anilines is 1. The average molecular weight is 439 g/mol. The summed E-state index contributed by atoms with van der Waals surface area (Å²) in [5.74, 6) is -0.0306. The number of nitrogens with zero attached hydrogens (tertiary/aromatic N) is 2. The fourth-order valence-corrected chi connectivity index (χ4v) is 3.20. The van der Waals surface area contributed by atoms with Gasteiger partial charge in [-0.15, -0.1) is 0 Å². The number of aryl methyl sites for hydroxylation is 1. The van der Waals surface area contributed by atoms with Crippen molar-refractivity contribution in [3.63, 3.8) is 0 Å². The molecular weight excluding hydrogens is 416 g/mol. The summed E-state index contributed by atoms with van der Waals surface area (Å²) in [6, 6.07) is 15.7. The van der Waals surface area contributed by atoms with E-state index in [-0.39, 0.29) is 12.5 Å².